The predicted octanol–water partition coefficient (Wildman–Crippen LogP) is 3.45. The van der Waals surface area contributed by atoms with Crippen LogP contribution in [0.5, 0.6) is 0 Å². The van der Waals surface area contributed by atoms with Gasteiger partial charge in [-0.3, -0.25) is 9.71 Å². The van der Waals surface area contributed by atoms with Crippen LogP contribution in [-0.4, -0.2) is 18.4 Å². The number of aromatic nitrogens is 2. The minimum absolute atomic E-state index is 0.218. The summed E-state index contributed by atoms with van der Waals surface area (Å²) in [5, 5.41) is 3.22. The standard InChI is InChI=1S/C19H20N4O2S/c1-2-15-5-8-18(9-6-15)26(24,25)23-19-10-7-17(14-22-19)21-13-16-4-3-11-20-12-16/h3-12,14,21H,2,13H2,1H3,(H,22,23). The van der Waals surface area contributed by atoms with Crippen LogP contribution in [0.2, 0.25) is 0 Å². The van der Waals surface area contributed by atoms with Crippen molar-refractivity contribution in [2.45, 2.75) is 24.8 Å². The average molecular weight is 368 g/mol. The minimum Gasteiger partial charge on any atom is -0.380 e. The Bertz CT molecular complexity index is 941. The summed E-state index contributed by atoms with van der Waals surface area (Å²) in [6.45, 7) is 2.64. The second-order valence-electron chi connectivity index (χ2n) is 5.75. The van der Waals surface area contributed by atoms with Gasteiger partial charge in [-0.25, -0.2) is 13.4 Å². The Morgan fingerprint density at radius 3 is 2.38 bits per heavy atom. The molecular formula is C19H20N4O2S. The molecule has 26 heavy (non-hydrogen) atoms. The summed E-state index contributed by atoms with van der Waals surface area (Å²) in [5.74, 6) is 0.275. The van der Waals surface area contributed by atoms with Crippen molar-refractivity contribution in [3.8, 4) is 0 Å². The first-order chi connectivity index (χ1) is 12.6. The molecule has 134 valence electrons. The molecule has 2 N–H and O–H groups in total. The molecule has 0 fully saturated rings. The largest absolute Gasteiger partial charge is 0.380 e. The van der Waals surface area contributed by atoms with Crippen molar-refractivity contribution in [1.82, 2.24) is 9.97 Å². The number of nitrogens with zero attached hydrogens (tertiary/aromatic N) is 2. The van der Waals surface area contributed by atoms with Crippen LogP contribution in [0, 0.1) is 0 Å². The molecule has 0 saturated carbocycles. The minimum atomic E-state index is -3.65. The third-order valence-corrected chi connectivity index (χ3v) is 5.23. The van der Waals surface area contributed by atoms with Gasteiger partial charge in [0.15, 0.2) is 0 Å². The van der Waals surface area contributed by atoms with Crippen LogP contribution < -0.4 is 10.0 Å². The number of aryl methyl sites for hydroxylation is 1. The molecule has 0 aliphatic carbocycles. The second kappa shape index (κ2) is 7.97. The first-order valence-corrected chi connectivity index (χ1v) is 9.76. The van der Waals surface area contributed by atoms with E-state index < -0.39 is 10.0 Å². The van der Waals surface area contributed by atoms with Gasteiger partial charge >= 0.3 is 0 Å². The van der Waals surface area contributed by atoms with Crippen LogP contribution in [0.25, 0.3) is 0 Å². The zero-order valence-corrected chi connectivity index (χ0v) is 15.2. The smallest absolute Gasteiger partial charge is 0.263 e. The van der Waals surface area contributed by atoms with Crippen LogP contribution in [0.3, 0.4) is 0 Å². The lowest BCUT2D eigenvalue weighted by Gasteiger charge is -2.09. The van der Waals surface area contributed by atoms with Gasteiger partial charge in [-0.15, -0.1) is 0 Å². The second-order valence-corrected chi connectivity index (χ2v) is 7.43. The van der Waals surface area contributed by atoms with E-state index in [2.05, 4.69) is 20.0 Å². The summed E-state index contributed by atoms with van der Waals surface area (Å²) < 4.78 is 27.3. The Balaban J connectivity index is 1.64. The van der Waals surface area contributed by atoms with E-state index in [1.54, 1.807) is 42.9 Å². The maximum absolute atomic E-state index is 12.4. The van der Waals surface area contributed by atoms with Gasteiger partial charge in [0.05, 0.1) is 16.8 Å². The van der Waals surface area contributed by atoms with E-state index in [1.165, 1.54) is 0 Å². The number of pyridine rings is 2. The van der Waals surface area contributed by atoms with Crippen molar-refractivity contribution >= 4 is 21.5 Å². The highest BCUT2D eigenvalue weighted by molar-refractivity contribution is 7.92. The molecule has 6 nitrogen and oxygen atoms in total. The molecule has 0 bridgehead atoms. The number of hydrogen-bond donors (Lipinski definition) is 2. The van der Waals surface area contributed by atoms with Crippen LogP contribution >= 0.6 is 0 Å². The molecular weight excluding hydrogens is 348 g/mol. The summed E-state index contributed by atoms with van der Waals surface area (Å²) in [6.07, 6.45) is 5.96. The van der Waals surface area contributed by atoms with Gasteiger partial charge in [-0.1, -0.05) is 25.1 Å². The molecule has 3 rings (SSSR count). The monoisotopic (exact) mass is 368 g/mol. The predicted molar refractivity (Wildman–Crippen MR) is 102 cm³/mol. The number of hydrogen-bond acceptors (Lipinski definition) is 5. The third kappa shape index (κ3) is 4.58. The Kier molecular flexibility index (Phi) is 5.48. The van der Waals surface area contributed by atoms with Crippen molar-refractivity contribution in [1.29, 1.82) is 0 Å². The molecule has 0 atom stereocenters. The van der Waals surface area contributed by atoms with Crippen molar-refractivity contribution < 1.29 is 8.42 Å². The summed E-state index contributed by atoms with van der Waals surface area (Å²) in [4.78, 5) is 8.44. The van der Waals surface area contributed by atoms with Crippen molar-refractivity contribution in [3.05, 3.63) is 78.2 Å². The first-order valence-electron chi connectivity index (χ1n) is 8.27. The van der Waals surface area contributed by atoms with E-state index in [0.29, 0.717) is 6.54 Å². The Morgan fingerprint density at radius 2 is 1.77 bits per heavy atom. The fourth-order valence-electron chi connectivity index (χ4n) is 2.37. The molecule has 7 heteroatoms. The molecule has 3 aromatic rings. The van der Waals surface area contributed by atoms with E-state index in [9.17, 15) is 8.42 Å². The molecule has 0 amide bonds. The van der Waals surface area contributed by atoms with E-state index in [4.69, 9.17) is 0 Å². The van der Waals surface area contributed by atoms with Crippen molar-refractivity contribution in [2.75, 3.05) is 10.0 Å². The Hall–Kier alpha value is -2.93. The fourth-order valence-corrected chi connectivity index (χ4v) is 3.37. The highest BCUT2D eigenvalue weighted by Crippen LogP contribution is 2.17. The normalized spacial score (nSPS) is 11.1. The summed E-state index contributed by atoms with van der Waals surface area (Å²) >= 11 is 0. The number of benzene rings is 1. The topological polar surface area (TPSA) is 84.0 Å². The van der Waals surface area contributed by atoms with E-state index in [-0.39, 0.29) is 10.7 Å². The maximum Gasteiger partial charge on any atom is 0.263 e. The van der Waals surface area contributed by atoms with E-state index >= 15 is 0 Å². The zero-order valence-electron chi connectivity index (χ0n) is 14.4. The zero-order chi connectivity index (χ0) is 18.4. The van der Waals surface area contributed by atoms with Gasteiger partial charge in [0.1, 0.15) is 5.82 Å². The summed E-state index contributed by atoms with van der Waals surface area (Å²) in [6, 6.07) is 14.1. The molecule has 0 aliphatic heterocycles. The van der Waals surface area contributed by atoms with E-state index in [0.717, 1.165) is 23.2 Å². The van der Waals surface area contributed by atoms with Gasteiger partial charge in [-0.05, 0) is 47.9 Å². The lowest BCUT2D eigenvalue weighted by Crippen LogP contribution is -2.14. The third-order valence-electron chi connectivity index (χ3n) is 3.86. The summed E-state index contributed by atoms with van der Waals surface area (Å²) in [5.41, 5.74) is 2.93. The number of sulfonamides is 1. The quantitative estimate of drug-likeness (QED) is 0.667. The maximum atomic E-state index is 12.4. The highest BCUT2D eigenvalue weighted by atomic mass is 32.2. The molecule has 1 aromatic carbocycles. The molecule has 2 heterocycles. The van der Waals surface area contributed by atoms with Crippen LogP contribution in [-0.2, 0) is 23.0 Å². The van der Waals surface area contributed by atoms with Gasteiger partial charge in [0.25, 0.3) is 10.0 Å². The molecule has 0 saturated heterocycles. The van der Waals surface area contributed by atoms with E-state index in [1.807, 2.05) is 31.2 Å². The molecule has 0 radical (unpaired) electrons. The number of nitrogens with one attached hydrogen (secondary N) is 2. The van der Waals surface area contributed by atoms with Gasteiger partial charge in [-0.2, -0.15) is 0 Å². The van der Waals surface area contributed by atoms with Crippen LogP contribution in [0.4, 0.5) is 11.5 Å². The van der Waals surface area contributed by atoms with Crippen molar-refractivity contribution in [2.24, 2.45) is 0 Å². The van der Waals surface area contributed by atoms with Crippen LogP contribution in [0.1, 0.15) is 18.1 Å². The number of anilines is 2. The highest BCUT2D eigenvalue weighted by Gasteiger charge is 2.14. The number of rotatable bonds is 7. The Labute approximate surface area is 153 Å². The SMILES string of the molecule is CCc1ccc(S(=O)(=O)Nc2ccc(NCc3cccnc3)cn2)cc1. The summed E-state index contributed by atoms with van der Waals surface area (Å²) in [7, 11) is -3.65. The van der Waals surface area contributed by atoms with Gasteiger partial charge in [0.2, 0.25) is 0 Å². The van der Waals surface area contributed by atoms with Gasteiger partial charge < -0.3 is 5.32 Å². The molecule has 0 aliphatic rings. The Morgan fingerprint density at radius 1 is 0.962 bits per heavy atom. The molecule has 2 aromatic heterocycles. The van der Waals surface area contributed by atoms with Crippen molar-refractivity contribution in [3.63, 3.8) is 0 Å². The molecule has 0 spiro atoms. The average Bonchev–Trinajstić information content (AvgIpc) is 2.68. The first kappa shape index (κ1) is 17.9. The van der Waals surface area contributed by atoms with Gasteiger partial charge in [0, 0.05) is 18.9 Å². The lowest BCUT2D eigenvalue weighted by atomic mass is 10.2. The fraction of sp³-hybridized carbons (Fsp3) is 0.158. The molecule has 0 unspecified atom stereocenters. The lowest BCUT2D eigenvalue weighted by molar-refractivity contribution is 0.601. The van der Waals surface area contributed by atoms with Crippen LogP contribution in [0.15, 0.2) is 72.0 Å².